The summed E-state index contributed by atoms with van der Waals surface area (Å²) in [4.78, 5) is 30.7. The van der Waals surface area contributed by atoms with Crippen molar-refractivity contribution in [3.8, 4) is 23.1 Å². The highest BCUT2D eigenvalue weighted by Crippen LogP contribution is 2.30. The van der Waals surface area contributed by atoms with Crippen molar-refractivity contribution in [3.05, 3.63) is 96.1 Å². The normalized spacial score (nSPS) is 11.4. The molecular formula is C27H21N3O3. The highest BCUT2D eigenvalue weighted by Gasteiger charge is 2.25. The predicted molar refractivity (Wildman–Crippen MR) is 126 cm³/mol. The molecule has 1 N–H and O–H groups in total. The van der Waals surface area contributed by atoms with Gasteiger partial charge in [0.1, 0.15) is 11.8 Å². The molecule has 0 saturated heterocycles. The van der Waals surface area contributed by atoms with Gasteiger partial charge in [0.25, 0.3) is 5.91 Å². The average Bonchev–Trinajstić information content (AvgIpc) is 2.84. The number of ether oxygens (including phenoxy) is 1. The SMILES string of the molecule is C[C@@H](NC(=O)c1c(CC#N)c(-c2ccccc2)nc2ccccc12)C(=O)Oc1ccccc1. The maximum Gasteiger partial charge on any atom is 0.333 e. The minimum Gasteiger partial charge on any atom is -0.425 e. The van der Waals surface area contributed by atoms with Gasteiger partial charge in [-0.05, 0) is 25.1 Å². The van der Waals surface area contributed by atoms with Crippen LogP contribution in [-0.4, -0.2) is 22.9 Å². The Morgan fingerprint density at radius 2 is 1.61 bits per heavy atom. The first-order chi connectivity index (χ1) is 16.1. The van der Waals surface area contributed by atoms with Gasteiger partial charge in [-0.3, -0.25) is 4.79 Å². The van der Waals surface area contributed by atoms with Crippen LogP contribution in [0.3, 0.4) is 0 Å². The number of hydrogen-bond donors (Lipinski definition) is 1. The molecule has 1 atom stereocenters. The number of pyridine rings is 1. The molecule has 33 heavy (non-hydrogen) atoms. The number of nitrogens with zero attached hydrogens (tertiary/aromatic N) is 2. The molecular weight excluding hydrogens is 414 g/mol. The minimum atomic E-state index is -0.903. The van der Waals surface area contributed by atoms with Gasteiger partial charge in [0.15, 0.2) is 0 Å². The number of rotatable bonds is 6. The molecule has 0 aliphatic heterocycles. The number of esters is 1. The Morgan fingerprint density at radius 1 is 0.970 bits per heavy atom. The van der Waals surface area contributed by atoms with Crippen LogP contribution in [0.25, 0.3) is 22.2 Å². The second-order valence-electron chi connectivity index (χ2n) is 7.46. The molecule has 0 spiro atoms. The fourth-order valence-corrected chi connectivity index (χ4v) is 3.62. The number of nitriles is 1. The van der Waals surface area contributed by atoms with Crippen molar-refractivity contribution in [1.82, 2.24) is 10.3 Å². The van der Waals surface area contributed by atoms with Crippen molar-refractivity contribution in [2.75, 3.05) is 0 Å². The summed E-state index contributed by atoms with van der Waals surface area (Å²) in [5, 5.41) is 12.9. The Kier molecular flexibility index (Phi) is 6.42. The Morgan fingerprint density at radius 3 is 2.30 bits per heavy atom. The van der Waals surface area contributed by atoms with Gasteiger partial charge in [-0.15, -0.1) is 0 Å². The molecule has 162 valence electrons. The lowest BCUT2D eigenvalue weighted by Gasteiger charge is -2.18. The number of fused-ring (bicyclic) bond motifs is 1. The van der Waals surface area contributed by atoms with E-state index in [0.29, 0.717) is 33.5 Å². The van der Waals surface area contributed by atoms with Gasteiger partial charge >= 0.3 is 5.97 Å². The molecule has 3 aromatic carbocycles. The third kappa shape index (κ3) is 4.73. The average molecular weight is 435 g/mol. The Balaban J connectivity index is 1.74. The van der Waals surface area contributed by atoms with E-state index in [1.165, 1.54) is 0 Å². The summed E-state index contributed by atoms with van der Waals surface area (Å²) in [5.41, 5.74) is 2.85. The number of benzene rings is 3. The van der Waals surface area contributed by atoms with Crippen molar-refractivity contribution >= 4 is 22.8 Å². The largest absolute Gasteiger partial charge is 0.425 e. The van der Waals surface area contributed by atoms with Crippen LogP contribution >= 0.6 is 0 Å². The van der Waals surface area contributed by atoms with Crippen molar-refractivity contribution in [3.63, 3.8) is 0 Å². The molecule has 0 bridgehead atoms. The maximum atomic E-state index is 13.4. The van der Waals surface area contributed by atoms with Gasteiger partial charge in [-0.25, -0.2) is 9.78 Å². The van der Waals surface area contributed by atoms with E-state index in [2.05, 4.69) is 11.4 Å². The maximum absolute atomic E-state index is 13.4. The van der Waals surface area contributed by atoms with Crippen LogP contribution in [0, 0.1) is 11.3 Å². The molecule has 4 aromatic rings. The van der Waals surface area contributed by atoms with E-state index in [4.69, 9.17) is 9.72 Å². The number of para-hydroxylation sites is 2. The first-order valence-corrected chi connectivity index (χ1v) is 10.5. The number of nitrogens with one attached hydrogen (secondary N) is 1. The highest BCUT2D eigenvalue weighted by atomic mass is 16.5. The third-order valence-corrected chi connectivity index (χ3v) is 5.19. The van der Waals surface area contributed by atoms with Crippen molar-refractivity contribution < 1.29 is 14.3 Å². The lowest BCUT2D eigenvalue weighted by molar-refractivity contribution is -0.136. The van der Waals surface area contributed by atoms with Crippen LogP contribution in [0.5, 0.6) is 5.75 Å². The number of hydrogen-bond acceptors (Lipinski definition) is 5. The van der Waals surface area contributed by atoms with E-state index < -0.39 is 17.9 Å². The second kappa shape index (κ2) is 9.75. The van der Waals surface area contributed by atoms with Crippen LogP contribution in [0.4, 0.5) is 0 Å². The molecule has 1 aromatic heterocycles. The van der Waals surface area contributed by atoms with Gasteiger partial charge in [0, 0.05) is 16.5 Å². The van der Waals surface area contributed by atoms with Crippen LogP contribution in [0.1, 0.15) is 22.8 Å². The van der Waals surface area contributed by atoms with Crippen LogP contribution in [0.2, 0.25) is 0 Å². The quantitative estimate of drug-likeness (QED) is 0.350. The predicted octanol–water partition coefficient (Wildman–Crippen LogP) is 4.69. The first-order valence-electron chi connectivity index (χ1n) is 10.5. The smallest absolute Gasteiger partial charge is 0.333 e. The first kappa shape index (κ1) is 21.7. The summed E-state index contributed by atoms with van der Waals surface area (Å²) >= 11 is 0. The lowest BCUT2D eigenvalue weighted by Crippen LogP contribution is -2.41. The van der Waals surface area contributed by atoms with Gasteiger partial charge in [0.05, 0.1) is 29.3 Å². The monoisotopic (exact) mass is 435 g/mol. The minimum absolute atomic E-state index is 0.00629. The van der Waals surface area contributed by atoms with Crippen LogP contribution in [-0.2, 0) is 11.2 Å². The molecule has 6 heteroatoms. The standard InChI is InChI=1S/C27H21N3O3/c1-18(27(32)33-20-12-6-3-7-13-20)29-26(31)24-21-14-8-9-15-23(21)30-25(22(24)16-17-28)19-10-4-2-5-11-19/h2-15,18H,16H2,1H3,(H,29,31)/t18-/m1/s1. The number of carbonyl (C=O) groups is 2. The molecule has 6 nitrogen and oxygen atoms in total. The van der Waals surface area contributed by atoms with Gasteiger partial charge < -0.3 is 10.1 Å². The number of amides is 1. The zero-order chi connectivity index (χ0) is 23.2. The van der Waals surface area contributed by atoms with E-state index in [1.807, 2.05) is 54.6 Å². The van der Waals surface area contributed by atoms with Crippen LogP contribution in [0.15, 0.2) is 84.9 Å². The Labute approximate surface area is 191 Å². The van der Waals surface area contributed by atoms with Crippen LogP contribution < -0.4 is 10.1 Å². The number of aromatic nitrogens is 1. The molecule has 0 fully saturated rings. The fourth-order valence-electron chi connectivity index (χ4n) is 3.62. The van der Waals surface area contributed by atoms with Crippen molar-refractivity contribution in [2.24, 2.45) is 0 Å². The zero-order valence-electron chi connectivity index (χ0n) is 18.0. The van der Waals surface area contributed by atoms with Gasteiger partial charge in [0.2, 0.25) is 0 Å². The summed E-state index contributed by atoms with van der Waals surface area (Å²) in [6.45, 7) is 1.56. The fraction of sp³-hybridized carbons (Fsp3) is 0.111. The van der Waals surface area contributed by atoms with E-state index in [0.717, 1.165) is 5.56 Å². The van der Waals surface area contributed by atoms with E-state index in [1.54, 1.807) is 37.3 Å². The topological polar surface area (TPSA) is 92.1 Å². The summed E-state index contributed by atoms with van der Waals surface area (Å²) in [5.74, 6) is -0.652. The molecule has 0 aliphatic rings. The lowest BCUT2D eigenvalue weighted by atomic mass is 9.94. The molecule has 4 rings (SSSR count). The molecule has 0 aliphatic carbocycles. The van der Waals surface area contributed by atoms with Crippen molar-refractivity contribution in [2.45, 2.75) is 19.4 Å². The second-order valence-corrected chi connectivity index (χ2v) is 7.46. The third-order valence-electron chi connectivity index (χ3n) is 5.19. The Hall–Kier alpha value is -4.50. The summed E-state index contributed by atoms with van der Waals surface area (Å²) in [6.07, 6.45) is -0.00629. The molecule has 0 radical (unpaired) electrons. The summed E-state index contributed by atoms with van der Waals surface area (Å²) < 4.78 is 5.35. The molecule has 1 heterocycles. The van der Waals surface area contributed by atoms with E-state index in [9.17, 15) is 14.9 Å². The highest BCUT2D eigenvalue weighted by molar-refractivity contribution is 6.10. The van der Waals surface area contributed by atoms with E-state index in [-0.39, 0.29) is 6.42 Å². The zero-order valence-corrected chi connectivity index (χ0v) is 18.0. The van der Waals surface area contributed by atoms with Crippen molar-refractivity contribution in [1.29, 1.82) is 5.26 Å². The Bertz CT molecular complexity index is 1350. The number of carbonyl (C=O) groups excluding carboxylic acids is 2. The molecule has 0 saturated carbocycles. The summed E-state index contributed by atoms with van der Waals surface area (Å²) in [7, 11) is 0. The van der Waals surface area contributed by atoms with Gasteiger partial charge in [-0.2, -0.15) is 5.26 Å². The molecule has 1 amide bonds. The van der Waals surface area contributed by atoms with E-state index >= 15 is 0 Å². The van der Waals surface area contributed by atoms with Gasteiger partial charge in [-0.1, -0.05) is 66.7 Å². The molecule has 0 unspecified atom stereocenters. The summed E-state index contributed by atoms with van der Waals surface area (Å²) in [6, 6.07) is 26.6.